The summed E-state index contributed by atoms with van der Waals surface area (Å²) in [5.41, 5.74) is 0. The molecule has 0 aromatic heterocycles. The van der Waals surface area contributed by atoms with Gasteiger partial charge in [0.1, 0.15) is 25.4 Å². The maximum atomic E-state index is 11.3. The van der Waals surface area contributed by atoms with Gasteiger partial charge in [-0.3, -0.25) is 9.63 Å². The number of hydroxylamine groups is 3. The number of hydrogen-bond donors (Lipinski definition) is 0. The summed E-state index contributed by atoms with van der Waals surface area (Å²) in [6, 6.07) is 0. The van der Waals surface area contributed by atoms with Crippen LogP contribution in [0.5, 0.6) is 0 Å². The summed E-state index contributed by atoms with van der Waals surface area (Å²) in [6.45, 7) is 8.76. The first-order chi connectivity index (χ1) is 7.49. The van der Waals surface area contributed by atoms with Gasteiger partial charge in [0.15, 0.2) is 0 Å². The second kappa shape index (κ2) is 5.25. The van der Waals surface area contributed by atoms with Gasteiger partial charge in [-0.2, -0.15) is 0 Å². The predicted octanol–water partition coefficient (Wildman–Crippen LogP) is 1.47. The minimum atomic E-state index is -0.275. The normalized spacial score (nSPS) is 29.5. The Bertz CT molecular complexity index is 291. The molecular formula is C12H20NO3+. The summed E-state index contributed by atoms with van der Waals surface area (Å²) < 4.78 is 0.294. The molecule has 4 nitrogen and oxygen atoms in total. The van der Waals surface area contributed by atoms with E-state index in [1.54, 1.807) is 13.0 Å². The number of carbonyl (C=O) groups excluding carboxylic acids is 2. The smallest absolute Gasteiger partial charge is 0.300 e. The van der Waals surface area contributed by atoms with Crippen LogP contribution in [-0.4, -0.2) is 36.0 Å². The molecule has 0 radical (unpaired) electrons. The van der Waals surface area contributed by atoms with Gasteiger partial charge in [-0.15, -0.1) is 4.65 Å². The molecule has 0 N–H and O–H groups in total. The molecule has 0 aromatic carbocycles. The Labute approximate surface area is 96.4 Å². The summed E-state index contributed by atoms with van der Waals surface area (Å²) in [5, 5.41) is 0. The fraction of sp³-hybridized carbons (Fsp3) is 0.667. The number of nitrogens with zero attached hydrogens (tertiary/aromatic N) is 1. The van der Waals surface area contributed by atoms with Crippen LogP contribution in [0.25, 0.3) is 0 Å². The Morgan fingerprint density at radius 1 is 1.38 bits per heavy atom. The first kappa shape index (κ1) is 12.9. The first-order valence-electron chi connectivity index (χ1n) is 5.67. The first-order valence-corrected chi connectivity index (χ1v) is 5.67. The molecular weight excluding hydrogens is 206 g/mol. The zero-order valence-electron chi connectivity index (χ0n) is 10.1. The van der Waals surface area contributed by atoms with Gasteiger partial charge < -0.3 is 0 Å². The summed E-state index contributed by atoms with van der Waals surface area (Å²) in [5.74, 6) is 0.0916. The number of rotatable bonds is 4. The minimum Gasteiger partial charge on any atom is -0.300 e. The molecule has 1 fully saturated rings. The summed E-state index contributed by atoms with van der Waals surface area (Å²) in [4.78, 5) is 27.7. The van der Waals surface area contributed by atoms with E-state index in [0.717, 1.165) is 12.8 Å². The second-order valence-corrected chi connectivity index (χ2v) is 4.44. The van der Waals surface area contributed by atoms with Crippen LogP contribution in [0.15, 0.2) is 12.7 Å². The van der Waals surface area contributed by atoms with Gasteiger partial charge in [0.05, 0.1) is 0 Å². The fourth-order valence-electron chi connectivity index (χ4n) is 2.26. The minimum absolute atomic E-state index is 0.131. The molecule has 0 bridgehead atoms. The lowest BCUT2D eigenvalue weighted by Crippen LogP contribution is -2.54. The third-order valence-electron chi connectivity index (χ3n) is 3.13. The van der Waals surface area contributed by atoms with Gasteiger partial charge in [0, 0.05) is 25.7 Å². The summed E-state index contributed by atoms with van der Waals surface area (Å²) in [7, 11) is 0. The molecule has 0 unspecified atom stereocenters. The van der Waals surface area contributed by atoms with Gasteiger partial charge in [0.25, 0.3) is 0 Å². The highest BCUT2D eigenvalue weighted by molar-refractivity contribution is 5.78. The number of ketones is 1. The number of Topliss-reactive ketones (excluding diaryl/α,β-unsaturated/α-hetero) is 1. The molecule has 1 heterocycles. The molecule has 0 aromatic rings. The van der Waals surface area contributed by atoms with Crippen molar-refractivity contribution in [3.63, 3.8) is 0 Å². The fourth-order valence-corrected chi connectivity index (χ4v) is 2.26. The molecule has 0 aliphatic carbocycles. The van der Waals surface area contributed by atoms with Gasteiger partial charge in [-0.05, 0) is 13.0 Å². The van der Waals surface area contributed by atoms with E-state index in [0.29, 0.717) is 24.3 Å². The highest BCUT2D eigenvalue weighted by atomic mass is 16.7. The van der Waals surface area contributed by atoms with Crippen molar-refractivity contribution in [3.05, 3.63) is 12.7 Å². The van der Waals surface area contributed by atoms with Crippen molar-refractivity contribution in [2.75, 3.05) is 19.6 Å². The SMILES string of the molecule is C=CC[N+]1(OC(C)=O)CCC(C(C)=O)CC1. The molecule has 0 spiro atoms. The van der Waals surface area contributed by atoms with Crippen LogP contribution in [0.2, 0.25) is 0 Å². The molecule has 4 heteroatoms. The lowest BCUT2D eigenvalue weighted by Gasteiger charge is -2.38. The molecule has 0 saturated carbocycles. The average Bonchev–Trinajstić information content (AvgIpc) is 2.17. The van der Waals surface area contributed by atoms with Crippen LogP contribution in [0.3, 0.4) is 0 Å². The van der Waals surface area contributed by atoms with E-state index in [1.165, 1.54) is 6.92 Å². The Morgan fingerprint density at radius 2 is 1.94 bits per heavy atom. The van der Waals surface area contributed by atoms with Gasteiger partial charge in [0.2, 0.25) is 0 Å². The Hall–Kier alpha value is -1.16. The van der Waals surface area contributed by atoms with E-state index in [2.05, 4.69) is 6.58 Å². The largest absolute Gasteiger partial charge is 0.363 e. The van der Waals surface area contributed by atoms with Crippen molar-refractivity contribution in [2.45, 2.75) is 26.7 Å². The van der Waals surface area contributed by atoms with Crippen molar-refractivity contribution >= 4 is 11.8 Å². The molecule has 90 valence electrons. The lowest BCUT2D eigenvalue weighted by molar-refractivity contribution is -1.09. The van der Waals surface area contributed by atoms with Crippen LogP contribution in [0.4, 0.5) is 0 Å². The standard InChI is InChI=1S/C12H20NO3/c1-4-7-13(16-11(3)15)8-5-12(6-9-13)10(2)14/h4,12H,1,5-9H2,2-3H3/q+1. The Balaban J connectivity index is 2.65. The third-order valence-corrected chi connectivity index (χ3v) is 3.13. The topological polar surface area (TPSA) is 43.4 Å². The van der Waals surface area contributed by atoms with Crippen molar-refractivity contribution in [1.29, 1.82) is 0 Å². The summed E-state index contributed by atoms with van der Waals surface area (Å²) >= 11 is 0. The van der Waals surface area contributed by atoms with Crippen LogP contribution in [-0.2, 0) is 14.4 Å². The van der Waals surface area contributed by atoms with E-state index in [-0.39, 0.29) is 17.7 Å². The van der Waals surface area contributed by atoms with Crippen LogP contribution in [0.1, 0.15) is 26.7 Å². The average molecular weight is 226 g/mol. The lowest BCUT2D eigenvalue weighted by atomic mass is 9.93. The van der Waals surface area contributed by atoms with Crippen molar-refractivity contribution < 1.29 is 19.1 Å². The maximum Gasteiger partial charge on any atom is 0.363 e. The number of carbonyl (C=O) groups is 2. The van der Waals surface area contributed by atoms with Gasteiger partial charge >= 0.3 is 5.97 Å². The molecule has 1 rings (SSSR count). The van der Waals surface area contributed by atoms with Crippen LogP contribution < -0.4 is 0 Å². The molecule has 0 amide bonds. The van der Waals surface area contributed by atoms with E-state index in [9.17, 15) is 9.59 Å². The predicted molar refractivity (Wildman–Crippen MR) is 60.2 cm³/mol. The van der Waals surface area contributed by atoms with E-state index in [1.807, 2.05) is 0 Å². The zero-order chi connectivity index (χ0) is 12.2. The van der Waals surface area contributed by atoms with E-state index < -0.39 is 0 Å². The number of piperidine rings is 1. The van der Waals surface area contributed by atoms with Gasteiger partial charge in [-0.1, -0.05) is 6.58 Å². The maximum absolute atomic E-state index is 11.3. The van der Waals surface area contributed by atoms with Crippen molar-refractivity contribution in [2.24, 2.45) is 5.92 Å². The number of hydrogen-bond acceptors (Lipinski definition) is 3. The van der Waals surface area contributed by atoms with E-state index in [4.69, 9.17) is 4.84 Å². The Morgan fingerprint density at radius 3 is 2.31 bits per heavy atom. The van der Waals surface area contributed by atoms with Crippen LogP contribution in [0, 0.1) is 5.92 Å². The molecule has 1 aliphatic heterocycles. The Kier molecular flexibility index (Phi) is 4.24. The number of quaternary nitrogens is 1. The van der Waals surface area contributed by atoms with Crippen LogP contribution >= 0.6 is 0 Å². The molecule has 16 heavy (non-hydrogen) atoms. The van der Waals surface area contributed by atoms with Crippen molar-refractivity contribution in [1.82, 2.24) is 0 Å². The van der Waals surface area contributed by atoms with E-state index >= 15 is 0 Å². The highest BCUT2D eigenvalue weighted by Crippen LogP contribution is 2.25. The monoisotopic (exact) mass is 226 g/mol. The molecule has 1 aliphatic rings. The molecule has 0 atom stereocenters. The third kappa shape index (κ3) is 3.17. The molecule has 1 saturated heterocycles. The van der Waals surface area contributed by atoms with Gasteiger partial charge in [-0.25, -0.2) is 4.79 Å². The number of likely N-dealkylation sites (tertiary alicyclic amines) is 1. The zero-order valence-corrected chi connectivity index (χ0v) is 10.1. The van der Waals surface area contributed by atoms with Crippen molar-refractivity contribution in [3.8, 4) is 0 Å². The second-order valence-electron chi connectivity index (χ2n) is 4.44. The highest BCUT2D eigenvalue weighted by Gasteiger charge is 2.38. The summed E-state index contributed by atoms with van der Waals surface area (Å²) in [6.07, 6.45) is 3.34. The quantitative estimate of drug-likeness (QED) is 0.538.